The van der Waals surface area contributed by atoms with E-state index in [1.54, 1.807) is 49.5 Å². The summed E-state index contributed by atoms with van der Waals surface area (Å²) in [5.74, 6) is -0.208. The molecule has 0 saturated heterocycles. The average Bonchev–Trinajstić information content (AvgIpc) is 3.31. The second-order valence-corrected chi connectivity index (χ2v) is 10.3. The van der Waals surface area contributed by atoms with Gasteiger partial charge < -0.3 is 20.1 Å². The van der Waals surface area contributed by atoms with Gasteiger partial charge in [0.15, 0.2) is 10.6 Å². The number of nitrogens with one attached hydrogen (secondary N) is 2. The SMILES string of the molecule is CNCC(=O)N[C@H](CN(C(=O)C(Cl)Cl)c1cccc(-c2cc(-c3c(Cl)cccc3Cl)no2)c1)C(C)C. The zero-order valence-electron chi connectivity index (χ0n) is 19.9. The van der Waals surface area contributed by atoms with E-state index in [1.165, 1.54) is 4.90 Å². The largest absolute Gasteiger partial charge is 0.356 e. The standard InChI is InChI=1S/C25H26Cl4N4O3/c1-14(2)20(31-22(34)12-30-3)13-33(25(35)24(28)29)16-7-4-6-15(10-16)21-11-19(32-36-21)23-17(26)8-5-9-18(23)27/h4-11,14,20,24,30H,12-13H2,1-3H3,(H,31,34)/t20-/m1/s1. The van der Waals surface area contributed by atoms with Crippen LogP contribution in [-0.4, -0.2) is 48.0 Å². The monoisotopic (exact) mass is 570 g/mol. The molecule has 3 aromatic rings. The highest BCUT2D eigenvalue weighted by Gasteiger charge is 2.28. The molecule has 0 aliphatic carbocycles. The van der Waals surface area contributed by atoms with Gasteiger partial charge in [0.05, 0.1) is 16.6 Å². The molecule has 3 rings (SSSR count). The molecule has 0 radical (unpaired) electrons. The zero-order valence-corrected chi connectivity index (χ0v) is 22.9. The molecule has 11 heteroatoms. The number of amides is 2. The van der Waals surface area contributed by atoms with Crippen molar-refractivity contribution in [3.05, 3.63) is 58.6 Å². The Hall–Kier alpha value is -2.29. The highest BCUT2D eigenvalue weighted by atomic mass is 35.5. The van der Waals surface area contributed by atoms with Gasteiger partial charge in [-0.3, -0.25) is 9.59 Å². The number of carbonyl (C=O) groups excluding carboxylic acids is 2. The first-order valence-electron chi connectivity index (χ1n) is 11.2. The van der Waals surface area contributed by atoms with Gasteiger partial charge >= 0.3 is 0 Å². The summed E-state index contributed by atoms with van der Waals surface area (Å²) in [7, 11) is 1.69. The second-order valence-electron chi connectivity index (χ2n) is 8.42. The van der Waals surface area contributed by atoms with Crippen LogP contribution >= 0.6 is 46.4 Å². The number of carbonyl (C=O) groups is 2. The van der Waals surface area contributed by atoms with Crippen LogP contribution in [0.4, 0.5) is 5.69 Å². The normalized spacial score (nSPS) is 12.1. The van der Waals surface area contributed by atoms with E-state index in [1.807, 2.05) is 19.9 Å². The number of hydrogen-bond acceptors (Lipinski definition) is 5. The second kappa shape index (κ2) is 12.8. The van der Waals surface area contributed by atoms with Crippen LogP contribution in [0.15, 0.2) is 53.1 Å². The van der Waals surface area contributed by atoms with E-state index >= 15 is 0 Å². The lowest BCUT2D eigenvalue weighted by molar-refractivity contribution is -0.121. The number of hydrogen-bond donors (Lipinski definition) is 2. The Kier molecular flexibility index (Phi) is 10.0. The van der Waals surface area contributed by atoms with E-state index in [0.717, 1.165) is 0 Å². The van der Waals surface area contributed by atoms with Gasteiger partial charge in [-0.25, -0.2) is 0 Å². The molecule has 0 aliphatic heterocycles. The lowest BCUT2D eigenvalue weighted by Gasteiger charge is -2.31. The topological polar surface area (TPSA) is 87.5 Å². The summed E-state index contributed by atoms with van der Waals surface area (Å²) in [6, 6.07) is 13.7. The van der Waals surface area contributed by atoms with E-state index in [2.05, 4.69) is 15.8 Å². The fourth-order valence-corrected chi connectivity index (χ4v) is 4.40. The van der Waals surface area contributed by atoms with Crippen molar-refractivity contribution in [1.29, 1.82) is 0 Å². The quantitative estimate of drug-likeness (QED) is 0.300. The fourth-order valence-electron chi connectivity index (χ4n) is 3.58. The lowest BCUT2D eigenvalue weighted by atomic mass is 10.0. The van der Waals surface area contributed by atoms with Crippen LogP contribution in [0.3, 0.4) is 0 Å². The Morgan fingerprint density at radius 2 is 1.72 bits per heavy atom. The van der Waals surface area contributed by atoms with E-state index in [-0.39, 0.29) is 31.0 Å². The van der Waals surface area contributed by atoms with E-state index in [0.29, 0.717) is 38.3 Å². The Balaban J connectivity index is 1.95. The summed E-state index contributed by atoms with van der Waals surface area (Å²) < 4.78 is 5.57. The molecule has 36 heavy (non-hydrogen) atoms. The van der Waals surface area contributed by atoms with Crippen molar-refractivity contribution in [2.45, 2.75) is 24.7 Å². The molecule has 2 amide bonds. The minimum absolute atomic E-state index is 0.0330. The highest BCUT2D eigenvalue weighted by molar-refractivity contribution is 6.54. The Morgan fingerprint density at radius 1 is 1.06 bits per heavy atom. The maximum atomic E-state index is 13.0. The summed E-state index contributed by atoms with van der Waals surface area (Å²) in [5.41, 5.74) is 2.24. The minimum Gasteiger partial charge on any atom is -0.356 e. The molecule has 0 fully saturated rings. The Labute approximate surface area is 230 Å². The van der Waals surface area contributed by atoms with Crippen molar-refractivity contribution in [2.75, 3.05) is 25.0 Å². The van der Waals surface area contributed by atoms with Gasteiger partial charge in [0, 0.05) is 35.5 Å². The zero-order chi connectivity index (χ0) is 26.4. The molecule has 1 heterocycles. The van der Waals surface area contributed by atoms with Crippen LogP contribution in [0.1, 0.15) is 13.8 Å². The van der Waals surface area contributed by atoms with Gasteiger partial charge in [0.25, 0.3) is 5.91 Å². The lowest BCUT2D eigenvalue weighted by Crippen LogP contribution is -2.51. The van der Waals surface area contributed by atoms with Crippen LogP contribution in [-0.2, 0) is 9.59 Å². The molecule has 1 aromatic heterocycles. The maximum absolute atomic E-state index is 13.0. The molecule has 192 valence electrons. The van der Waals surface area contributed by atoms with Crippen LogP contribution < -0.4 is 15.5 Å². The highest BCUT2D eigenvalue weighted by Crippen LogP contribution is 2.36. The predicted octanol–water partition coefficient (Wildman–Crippen LogP) is 5.81. The molecule has 0 spiro atoms. The molecule has 0 saturated carbocycles. The number of likely N-dealkylation sites (N-methyl/N-ethyl adjacent to an activating group) is 1. The number of rotatable bonds is 10. The van der Waals surface area contributed by atoms with Crippen LogP contribution in [0.5, 0.6) is 0 Å². The van der Waals surface area contributed by atoms with Gasteiger partial charge in [0.2, 0.25) is 5.91 Å². The molecule has 2 aromatic carbocycles. The molecule has 1 atom stereocenters. The molecule has 2 N–H and O–H groups in total. The third-order valence-corrected chi connectivity index (χ3v) is 6.50. The van der Waals surface area contributed by atoms with Crippen LogP contribution in [0, 0.1) is 5.92 Å². The van der Waals surface area contributed by atoms with Gasteiger partial charge in [0.1, 0.15) is 5.69 Å². The molecule has 0 unspecified atom stereocenters. The predicted molar refractivity (Wildman–Crippen MR) is 146 cm³/mol. The van der Waals surface area contributed by atoms with E-state index < -0.39 is 10.7 Å². The maximum Gasteiger partial charge on any atom is 0.260 e. The first-order chi connectivity index (χ1) is 17.1. The summed E-state index contributed by atoms with van der Waals surface area (Å²) in [5, 5.41) is 10.8. The third kappa shape index (κ3) is 6.93. The molecule has 7 nitrogen and oxygen atoms in total. The fraction of sp³-hybridized carbons (Fsp3) is 0.320. The van der Waals surface area contributed by atoms with Crippen molar-refractivity contribution in [3.8, 4) is 22.6 Å². The number of alkyl halides is 2. The number of benzene rings is 2. The number of aromatic nitrogens is 1. The number of anilines is 1. The van der Waals surface area contributed by atoms with Crippen molar-refractivity contribution >= 4 is 63.9 Å². The van der Waals surface area contributed by atoms with Crippen molar-refractivity contribution in [1.82, 2.24) is 15.8 Å². The Morgan fingerprint density at radius 3 is 2.33 bits per heavy atom. The third-order valence-electron chi connectivity index (χ3n) is 5.49. The summed E-state index contributed by atoms with van der Waals surface area (Å²) >= 11 is 24.6. The van der Waals surface area contributed by atoms with Crippen molar-refractivity contribution in [3.63, 3.8) is 0 Å². The molecule has 0 aliphatic rings. The summed E-state index contributed by atoms with van der Waals surface area (Å²) in [6.07, 6.45) is 0. The van der Waals surface area contributed by atoms with Crippen LogP contribution in [0.25, 0.3) is 22.6 Å². The van der Waals surface area contributed by atoms with Gasteiger partial charge in [-0.15, -0.1) is 0 Å². The smallest absolute Gasteiger partial charge is 0.260 e. The number of nitrogens with zero attached hydrogens (tertiary/aromatic N) is 2. The van der Waals surface area contributed by atoms with Gasteiger partial charge in [-0.1, -0.05) is 83.6 Å². The van der Waals surface area contributed by atoms with Crippen LogP contribution in [0.2, 0.25) is 10.0 Å². The molecular formula is C25H26Cl4N4O3. The average molecular weight is 572 g/mol. The minimum atomic E-state index is -1.28. The summed E-state index contributed by atoms with van der Waals surface area (Å²) in [6.45, 7) is 4.24. The first kappa shape index (κ1) is 28.3. The molecule has 0 bridgehead atoms. The van der Waals surface area contributed by atoms with E-state index in [9.17, 15) is 9.59 Å². The Bertz CT molecular complexity index is 1200. The van der Waals surface area contributed by atoms with Gasteiger partial charge in [-0.05, 0) is 37.2 Å². The molecular weight excluding hydrogens is 546 g/mol. The van der Waals surface area contributed by atoms with Crippen molar-refractivity contribution < 1.29 is 14.1 Å². The first-order valence-corrected chi connectivity index (χ1v) is 12.8. The van der Waals surface area contributed by atoms with Crippen molar-refractivity contribution in [2.24, 2.45) is 5.92 Å². The number of halogens is 4. The van der Waals surface area contributed by atoms with Gasteiger partial charge in [-0.2, -0.15) is 0 Å². The van der Waals surface area contributed by atoms with E-state index in [4.69, 9.17) is 50.9 Å². The summed E-state index contributed by atoms with van der Waals surface area (Å²) in [4.78, 5) is 25.4.